The summed E-state index contributed by atoms with van der Waals surface area (Å²) >= 11 is 0. The molecular weight excluding hydrogens is 199 g/mol. The quantitative estimate of drug-likeness (QED) is 0.373. The number of rotatable bonds is 1. The van der Waals surface area contributed by atoms with Gasteiger partial charge in [-0.15, -0.1) is 12.4 Å². The summed E-state index contributed by atoms with van der Waals surface area (Å²) in [4.78, 5) is 10.8. The molecule has 0 bridgehead atoms. The first-order valence-corrected chi connectivity index (χ1v) is 2.65. The van der Waals surface area contributed by atoms with Gasteiger partial charge in [0.25, 0.3) is 0 Å². The highest BCUT2D eigenvalue weighted by Gasteiger charge is 2.30. The summed E-state index contributed by atoms with van der Waals surface area (Å²) in [5, 5.41) is 0. The van der Waals surface area contributed by atoms with Crippen molar-refractivity contribution >= 4 is 18.4 Å². The van der Waals surface area contributed by atoms with Crippen molar-refractivity contribution in [2.75, 3.05) is 13.6 Å². The van der Waals surface area contributed by atoms with Gasteiger partial charge in [-0.3, -0.25) is 5.43 Å². The van der Waals surface area contributed by atoms with E-state index in [1.54, 1.807) is 5.43 Å². The second-order valence-electron chi connectivity index (χ2n) is 1.92. The number of carbonyl (C=O) groups excluding carboxylic acids is 1. The number of carbonyl (C=O) groups is 1. The third-order valence-corrected chi connectivity index (χ3v) is 0.887. The topological polar surface area (TPSA) is 58.4 Å². The van der Waals surface area contributed by atoms with E-state index < -0.39 is 18.8 Å². The van der Waals surface area contributed by atoms with Gasteiger partial charge in [0.1, 0.15) is 6.54 Å². The lowest BCUT2D eigenvalue weighted by atomic mass is 10.6. The summed E-state index contributed by atoms with van der Waals surface area (Å²) in [6.45, 7) is -1.31. The molecule has 3 N–H and O–H groups in total. The van der Waals surface area contributed by atoms with Crippen LogP contribution in [0.3, 0.4) is 0 Å². The van der Waals surface area contributed by atoms with Crippen LogP contribution in [0.2, 0.25) is 0 Å². The Morgan fingerprint density at radius 3 is 2.25 bits per heavy atom. The maximum atomic E-state index is 11.5. The minimum absolute atomic E-state index is 0. The molecule has 0 aliphatic rings. The summed E-state index contributed by atoms with van der Waals surface area (Å²) in [5.74, 6) is 4.58. The zero-order valence-corrected chi connectivity index (χ0v) is 7.00. The average Bonchev–Trinajstić information content (AvgIpc) is 1.82. The fraction of sp³-hybridized carbons (Fsp3) is 0.750. The molecule has 0 rings (SSSR count). The van der Waals surface area contributed by atoms with Crippen LogP contribution < -0.4 is 11.3 Å². The maximum absolute atomic E-state index is 11.5. The number of halogens is 4. The maximum Gasteiger partial charge on any atom is 0.406 e. The summed E-state index contributed by atoms with van der Waals surface area (Å²) in [5.41, 5.74) is 1.57. The Morgan fingerprint density at radius 2 is 2.00 bits per heavy atom. The van der Waals surface area contributed by atoms with Gasteiger partial charge in [0.2, 0.25) is 0 Å². The third-order valence-electron chi connectivity index (χ3n) is 0.887. The van der Waals surface area contributed by atoms with Gasteiger partial charge < -0.3 is 4.90 Å². The van der Waals surface area contributed by atoms with E-state index in [1.807, 2.05) is 0 Å². The SMILES string of the molecule is CN(CC(F)(F)F)C(=O)NN.Cl. The molecule has 0 aromatic carbocycles. The van der Waals surface area contributed by atoms with Crippen molar-refractivity contribution in [3.8, 4) is 0 Å². The number of alkyl halides is 3. The summed E-state index contributed by atoms with van der Waals surface area (Å²) < 4.78 is 34.6. The van der Waals surface area contributed by atoms with Crippen LogP contribution in [-0.2, 0) is 0 Å². The number of urea groups is 1. The van der Waals surface area contributed by atoms with Gasteiger partial charge in [0.15, 0.2) is 0 Å². The van der Waals surface area contributed by atoms with E-state index in [1.165, 1.54) is 0 Å². The third kappa shape index (κ3) is 6.05. The molecule has 0 aliphatic carbocycles. The highest BCUT2D eigenvalue weighted by Crippen LogP contribution is 2.15. The lowest BCUT2D eigenvalue weighted by Gasteiger charge is -2.17. The Kier molecular flexibility index (Phi) is 5.83. The van der Waals surface area contributed by atoms with Crippen molar-refractivity contribution in [1.82, 2.24) is 10.3 Å². The van der Waals surface area contributed by atoms with E-state index in [-0.39, 0.29) is 12.4 Å². The van der Waals surface area contributed by atoms with Crippen LogP contribution in [0.25, 0.3) is 0 Å². The molecule has 0 aromatic heterocycles. The highest BCUT2D eigenvalue weighted by atomic mass is 35.5. The van der Waals surface area contributed by atoms with E-state index in [2.05, 4.69) is 5.84 Å². The standard InChI is InChI=1S/C4H8F3N3O.ClH/c1-10(3(11)9-8)2-4(5,6)7;/h2,8H2,1H3,(H,9,11);1H. The van der Waals surface area contributed by atoms with Crippen molar-refractivity contribution in [2.45, 2.75) is 6.18 Å². The van der Waals surface area contributed by atoms with Gasteiger partial charge in [0, 0.05) is 7.05 Å². The van der Waals surface area contributed by atoms with Crippen LogP contribution in [0.1, 0.15) is 0 Å². The minimum Gasteiger partial charge on any atom is -0.318 e. The smallest absolute Gasteiger partial charge is 0.318 e. The van der Waals surface area contributed by atoms with Gasteiger partial charge in [-0.05, 0) is 0 Å². The molecule has 0 radical (unpaired) electrons. The molecular formula is C4H9ClF3N3O. The number of amides is 2. The predicted octanol–water partition coefficient (Wildman–Crippen LogP) is 0.486. The summed E-state index contributed by atoms with van der Waals surface area (Å²) in [6.07, 6.45) is -4.39. The fourth-order valence-corrected chi connectivity index (χ4v) is 0.451. The molecule has 12 heavy (non-hydrogen) atoms. The first kappa shape index (κ1) is 13.9. The average molecular weight is 208 g/mol. The Morgan fingerprint density at radius 1 is 1.58 bits per heavy atom. The fourth-order valence-electron chi connectivity index (χ4n) is 0.451. The molecule has 0 atom stereocenters. The predicted molar refractivity (Wildman–Crippen MR) is 38.7 cm³/mol. The first-order chi connectivity index (χ1) is 4.87. The van der Waals surface area contributed by atoms with Crippen molar-refractivity contribution in [3.63, 3.8) is 0 Å². The molecule has 0 fully saturated rings. The van der Waals surface area contributed by atoms with Crippen LogP contribution in [0, 0.1) is 0 Å². The monoisotopic (exact) mass is 207 g/mol. The number of hydrazine groups is 1. The van der Waals surface area contributed by atoms with Gasteiger partial charge in [-0.25, -0.2) is 10.6 Å². The molecule has 0 spiro atoms. The van der Waals surface area contributed by atoms with E-state index >= 15 is 0 Å². The lowest BCUT2D eigenvalue weighted by molar-refractivity contribution is -0.137. The van der Waals surface area contributed by atoms with Gasteiger partial charge in [-0.2, -0.15) is 13.2 Å². The molecule has 0 aromatic rings. The molecule has 0 aliphatic heterocycles. The normalized spacial score (nSPS) is 10.1. The van der Waals surface area contributed by atoms with Crippen molar-refractivity contribution < 1.29 is 18.0 Å². The van der Waals surface area contributed by atoms with Gasteiger partial charge >= 0.3 is 12.2 Å². The van der Waals surface area contributed by atoms with E-state index in [0.29, 0.717) is 4.90 Å². The zero-order valence-electron chi connectivity index (χ0n) is 6.18. The Bertz CT molecular complexity index is 151. The van der Waals surface area contributed by atoms with E-state index in [4.69, 9.17) is 0 Å². The largest absolute Gasteiger partial charge is 0.406 e. The Balaban J connectivity index is 0. The van der Waals surface area contributed by atoms with Gasteiger partial charge in [0.05, 0.1) is 0 Å². The number of hydrogen-bond acceptors (Lipinski definition) is 2. The Hall–Kier alpha value is -0.690. The minimum atomic E-state index is -4.39. The number of nitrogens with zero attached hydrogens (tertiary/aromatic N) is 1. The van der Waals surface area contributed by atoms with Crippen LogP contribution in [0.5, 0.6) is 0 Å². The van der Waals surface area contributed by atoms with E-state index in [9.17, 15) is 18.0 Å². The second-order valence-corrected chi connectivity index (χ2v) is 1.92. The molecule has 0 unspecified atom stereocenters. The molecule has 74 valence electrons. The van der Waals surface area contributed by atoms with E-state index in [0.717, 1.165) is 7.05 Å². The lowest BCUT2D eigenvalue weighted by Crippen LogP contribution is -2.44. The summed E-state index contributed by atoms with van der Waals surface area (Å²) in [6, 6.07) is -0.970. The second kappa shape index (κ2) is 5.04. The van der Waals surface area contributed by atoms with Crippen molar-refractivity contribution in [3.05, 3.63) is 0 Å². The van der Waals surface area contributed by atoms with Crippen molar-refractivity contribution in [2.24, 2.45) is 5.84 Å². The van der Waals surface area contributed by atoms with Gasteiger partial charge in [-0.1, -0.05) is 0 Å². The number of nitrogens with two attached hydrogens (primary N) is 1. The molecule has 2 amide bonds. The molecule has 8 heteroatoms. The number of hydrogen-bond donors (Lipinski definition) is 2. The molecule has 0 heterocycles. The Labute approximate surface area is 73.3 Å². The molecule has 0 saturated carbocycles. The van der Waals surface area contributed by atoms with Crippen LogP contribution in [0.15, 0.2) is 0 Å². The highest BCUT2D eigenvalue weighted by molar-refractivity contribution is 5.85. The molecule has 4 nitrogen and oxygen atoms in total. The zero-order chi connectivity index (χ0) is 9.07. The van der Waals surface area contributed by atoms with Crippen LogP contribution in [-0.4, -0.2) is 30.7 Å². The van der Waals surface area contributed by atoms with Crippen LogP contribution >= 0.6 is 12.4 Å². The van der Waals surface area contributed by atoms with Crippen molar-refractivity contribution in [1.29, 1.82) is 0 Å². The summed E-state index contributed by atoms with van der Waals surface area (Å²) in [7, 11) is 0.996. The number of nitrogens with one attached hydrogen (secondary N) is 1. The molecule has 0 saturated heterocycles. The first-order valence-electron chi connectivity index (χ1n) is 2.65. The van der Waals surface area contributed by atoms with Crippen LogP contribution in [0.4, 0.5) is 18.0 Å².